The monoisotopic (exact) mass is 315 g/mol. The summed E-state index contributed by atoms with van der Waals surface area (Å²) >= 11 is 0. The number of hydrogen-bond acceptors (Lipinski definition) is 3. The van der Waals surface area contributed by atoms with Crippen LogP contribution in [0.4, 0.5) is 0 Å². The van der Waals surface area contributed by atoms with Gasteiger partial charge in [-0.05, 0) is 32.8 Å². The van der Waals surface area contributed by atoms with Crippen molar-refractivity contribution in [2.75, 3.05) is 6.54 Å². The first-order valence-electron chi connectivity index (χ1n) is 8.27. The van der Waals surface area contributed by atoms with Gasteiger partial charge in [-0.3, -0.25) is 14.2 Å². The van der Waals surface area contributed by atoms with Crippen LogP contribution >= 0.6 is 0 Å². The van der Waals surface area contributed by atoms with Crippen molar-refractivity contribution in [2.45, 2.75) is 46.2 Å². The molecule has 1 amide bonds. The average molecular weight is 315 g/mol. The Kier molecular flexibility index (Phi) is 4.24. The molecule has 124 valence electrons. The third kappa shape index (κ3) is 2.90. The molecule has 0 radical (unpaired) electrons. The van der Waals surface area contributed by atoms with Crippen LogP contribution in [-0.4, -0.2) is 36.9 Å². The molecule has 6 nitrogen and oxygen atoms in total. The topological polar surface area (TPSA) is 56.0 Å². The van der Waals surface area contributed by atoms with E-state index in [1.807, 2.05) is 47.4 Å². The van der Waals surface area contributed by atoms with E-state index in [9.17, 15) is 4.79 Å². The maximum Gasteiger partial charge on any atom is 0.227 e. The van der Waals surface area contributed by atoms with Gasteiger partial charge in [0.05, 0.1) is 24.2 Å². The minimum Gasteiger partial charge on any atom is -0.335 e. The Labute approximate surface area is 137 Å². The highest BCUT2D eigenvalue weighted by Gasteiger charge is 2.35. The lowest BCUT2D eigenvalue weighted by atomic mass is 10.0. The van der Waals surface area contributed by atoms with E-state index in [1.165, 1.54) is 5.56 Å². The van der Waals surface area contributed by atoms with E-state index in [-0.39, 0.29) is 17.9 Å². The summed E-state index contributed by atoms with van der Waals surface area (Å²) in [4.78, 5) is 15.0. The van der Waals surface area contributed by atoms with E-state index >= 15 is 0 Å². The molecule has 0 N–H and O–H groups in total. The molecule has 0 saturated carbocycles. The third-order valence-electron chi connectivity index (χ3n) is 4.88. The molecule has 23 heavy (non-hydrogen) atoms. The maximum absolute atomic E-state index is 12.9. The molecule has 0 aliphatic carbocycles. The predicted octanol–water partition coefficient (Wildman–Crippen LogP) is 2.23. The number of hydrogen-bond donors (Lipinski definition) is 0. The van der Waals surface area contributed by atoms with Crippen molar-refractivity contribution in [2.24, 2.45) is 13.0 Å². The molecule has 3 rings (SSSR count). The highest BCUT2D eigenvalue weighted by molar-refractivity contribution is 5.79. The summed E-state index contributed by atoms with van der Waals surface area (Å²) in [7, 11) is 1.97. The summed E-state index contributed by atoms with van der Waals surface area (Å²) in [5, 5.41) is 8.73. The summed E-state index contributed by atoms with van der Waals surface area (Å²) < 4.78 is 3.74. The Morgan fingerprint density at radius 2 is 2.22 bits per heavy atom. The van der Waals surface area contributed by atoms with Gasteiger partial charge in [0.25, 0.3) is 0 Å². The van der Waals surface area contributed by atoms with Crippen LogP contribution in [0, 0.1) is 19.8 Å². The zero-order chi connectivity index (χ0) is 16.6. The predicted molar refractivity (Wildman–Crippen MR) is 87.8 cm³/mol. The summed E-state index contributed by atoms with van der Waals surface area (Å²) in [6, 6.07) is 2.05. The van der Waals surface area contributed by atoms with Crippen molar-refractivity contribution in [3.8, 4) is 0 Å². The Morgan fingerprint density at radius 3 is 2.83 bits per heavy atom. The molecule has 0 aromatic carbocycles. The number of rotatable bonds is 4. The Bertz CT molecular complexity index is 688. The summed E-state index contributed by atoms with van der Waals surface area (Å²) in [6.07, 6.45) is 5.73. The molecule has 1 fully saturated rings. The SMILES string of the molecule is Cc1nn(C)c(C)c1C1CCCN1C(=O)C(C)Cn1cccn1. The highest BCUT2D eigenvalue weighted by Crippen LogP contribution is 2.36. The van der Waals surface area contributed by atoms with Gasteiger partial charge >= 0.3 is 0 Å². The van der Waals surface area contributed by atoms with Crippen LogP contribution in [0.3, 0.4) is 0 Å². The largest absolute Gasteiger partial charge is 0.335 e. The number of carbonyl (C=O) groups excluding carboxylic acids is 1. The van der Waals surface area contributed by atoms with Crippen LogP contribution in [-0.2, 0) is 18.4 Å². The normalized spacial score (nSPS) is 19.3. The zero-order valence-corrected chi connectivity index (χ0v) is 14.4. The van der Waals surface area contributed by atoms with E-state index in [0.717, 1.165) is 30.8 Å². The fraction of sp³-hybridized carbons (Fsp3) is 0.588. The molecule has 2 unspecified atom stereocenters. The number of amides is 1. The average Bonchev–Trinajstić information content (AvgIpc) is 3.21. The lowest BCUT2D eigenvalue weighted by Gasteiger charge is -2.28. The molecular formula is C17H25N5O. The molecule has 0 spiro atoms. The van der Waals surface area contributed by atoms with Gasteiger partial charge in [0.15, 0.2) is 0 Å². The second-order valence-corrected chi connectivity index (χ2v) is 6.53. The summed E-state index contributed by atoms with van der Waals surface area (Å²) in [5.74, 6) is 0.137. The van der Waals surface area contributed by atoms with Crippen LogP contribution in [0.1, 0.15) is 42.8 Å². The summed E-state index contributed by atoms with van der Waals surface area (Å²) in [6.45, 7) is 7.57. The van der Waals surface area contributed by atoms with Gasteiger partial charge in [-0.2, -0.15) is 10.2 Å². The van der Waals surface area contributed by atoms with Gasteiger partial charge < -0.3 is 4.90 Å². The summed E-state index contributed by atoms with van der Waals surface area (Å²) in [5.41, 5.74) is 3.42. The van der Waals surface area contributed by atoms with Crippen LogP contribution in [0.5, 0.6) is 0 Å². The van der Waals surface area contributed by atoms with E-state index in [0.29, 0.717) is 6.54 Å². The van der Waals surface area contributed by atoms with E-state index in [2.05, 4.69) is 17.1 Å². The van der Waals surface area contributed by atoms with Gasteiger partial charge in [-0.15, -0.1) is 0 Å². The lowest BCUT2D eigenvalue weighted by Crippen LogP contribution is -2.36. The second-order valence-electron chi connectivity index (χ2n) is 6.53. The molecule has 0 bridgehead atoms. The molecule has 2 aromatic heterocycles. The van der Waals surface area contributed by atoms with Gasteiger partial charge in [0.1, 0.15) is 0 Å². The maximum atomic E-state index is 12.9. The smallest absolute Gasteiger partial charge is 0.227 e. The molecular weight excluding hydrogens is 290 g/mol. The number of nitrogens with zero attached hydrogens (tertiary/aromatic N) is 5. The van der Waals surface area contributed by atoms with E-state index in [4.69, 9.17) is 0 Å². The highest BCUT2D eigenvalue weighted by atomic mass is 16.2. The Balaban J connectivity index is 1.79. The fourth-order valence-electron chi connectivity index (χ4n) is 3.65. The fourth-order valence-corrected chi connectivity index (χ4v) is 3.65. The minimum absolute atomic E-state index is 0.0761. The Hall–Kier alpha value is -2.11. The second kappa shape index (κ2) is 6.18. The van der Waals surface area contributed by atoms with E-state index in [1.54, 1.807) is 6.20 Å². The zero-order valence-electron chi connectivity index (χ0n) is 14.4. The van der Waals surface area contributed by atoms with E-state index < -0.39 is 0 Å². The quantitative estimate of drug-likeness (QED) is 0.869. The number of aryl methyl sites for hydroxylation is 2. The van der Waals surface area contributed by atoms with Crippen molar-refractivity contribution >= 4 is 5.91 Å². The first-order valence-corrected chi connectivity index (χ1v) is 8.27. The van der Waals surface area contributed by atoms with Crippen LogP contribution in [0.2, 0.25) is 0 Å². The van der Waals surface area contributed by atoms with Crippen LogP contribution in [0.25, 0.3) is 0 Å². The lowest BCUT2D eigenvalue weighted by molar-refractivity contribution is -0.136. The molecule has 1 saturated heterocycles. The first-order chi connectivity index (χ1) is 11.0. The van der Waals surface area contributed by atoms with Crippen LogP contribution < -0.4 is 0 Å². The molecule has 2 atom stereocenters. The van der Waals surface area contributed by atoms with Crippen molar-refractivity contribution in [1.82, 2.24) is 24.5 Å². The standard InChI is InChI=1S/C17H25N5O/c1-12(11-21-9-6-8-18-21)17(23)22-10-5-7-15(22)16-13(2)19-20(4)14(16)3/h6,8-9,12,15H,5,7,10-11H2,1-4H3. The van der Waals surface area contributed by atoms with Crippen molar-refractivity contribution in [1.29, 1.82) is 0 Å². The first kappa shape index (κ1) is 15.8. The number of likely N-dealkylation sites (tertiary alicyclic amines) is 1. The van der Waals surface area contributed by atoms with Gasteiger partial charge in [-0.25, -0.2) is 0 Å². The van der Waals surface area contributed by atoms with Crippen molar-refractivity contribution in [3.63, 3.8) is 0 Å². The molecule has 1 aliphatic heterocycles. The van der Waals surface area contributed by atoms with Crippen molar-refractivity contribution < 1.29 is 4.79 Å². The molecule has 2 aromatic rings. The molecule has 3 heterocycles. The van der Waals surface area contributed by atoms with Gasteiger partial charge in [0.2, 0.25) is 5.91 Å². The molecule has 1 aliphatic rings. The van der Waals surface area contributed by atoms with Crippen molar-refractivity contribution in [3.05, 3.63) is 35.4 Å². The van der Waals surface area contributed by atoms with Gasteiger partial charge in [-0.1, -0.05) is 6.92 Å². The number of carbonyl (C=O) groups is 1. The van der Waals surface area contributed by atoms with Gasteiger partial charge in [0, 0.05) is 37.2 Å². The minimum atomic E-state index is -0.0761. The van der Waals surface area contributed by atoms with Crippen LogP contribution in [0.15, 0.2) is 18.5 Å². The Morgan fingerprint density at radius 1 is 1.43 bits per heavy atom. The third-order valence-corrected chi connectivity index (χ3v) is 4.88. The number of aromatic nitrogens is 4. The molecule has 6 heteroatoms.